The molecule has 0 unspecified atom stereocenters. The number of carbonyl (C=O) groups is 2. The maximum absolute atomic E-state index is 12.8. The van der Waals surface area contributed by atoms with Crippen molar-refractivity contribution in [2.75, 3.05) is 0 Å². The Labute approximate surface area is 168 Å². The smallest absolute Gasteiger partial charge is 0.255 e. The van der Waals surface area contributed by atoms with Gasteiger partial charge >= 0.3 is 0 Å². The molecule has 5 nitrogen and oxygen atoms in total. The number of carbonyl (C=O) groups excluding carboxylic acids is 2. The van der Waals surface area contributed by atoms with Crippen LogP contribution in [0.1, 0.15) is 68.1 Å². The molecule has 3 N–H and O–H groups in total. The summed E-state index contributed by atoms with van der Waals surface area (Å²) in [5.74, 6) is -0.199. The molecular weight excluding hydrogens is 387 g/mol. The highest BCUT2D eigenvalue weighted by molar-refractivity contribution is 6.36. The van der Waals surface area contributed by atoms with Gasteiger partial charge in [-0.15, -0.1) is 0 Å². The van der Waals surface area contributed by atoms with Crippen molar-refractivity contribution in [3.05, 3.63) is 27.7 Å². The van der Waals surface area contributed by atoms with Gasteiger partial charge < -0.3 is 15.7 Å². The lowest BCUT2D eigenvalue weighted by Crippen LogP contribution is -2.64. The average molecular weight is 411 g/mol. The molecule has 2 amide bonds. The van der Waals surface area contributed by atoms with Gasteiger partial charge in [0.25, 0.3) is 5.91 Å². The van der Waals surface area contributed by atoms with E-state index in [9.17, 15) is 14.7 Å². The summed E-state index contributed by atoms with van der Waals surface area (Å²) < 4.78 is 0. The summed E-state index contributed by atoms with van der Waals surface area (Å²) in [6.45, 7) is 0. The Hall–Kier alpha value is -1.46. The van der Waals surface area contributed by atoms with Crippen LogP contribution in [0.2, 0.25) is 10.0 Å². The van der Waals surface area contributed by atoms with Crippen molar-refractivity contribution in [1.82, 2.24) is 10.6 Å². The molecule has 4 aliphatic carbocycles. The molecule has 27 heavy (non-hydrogen) atoms. The summed E-state index contributed by atoms with van der Waals surface area (Å²) >= 11 is 11.9. The van der Waals surface area contributed by atoms with E-state index in [1.165, 1.54) is 12.1 Å². The third-order valence-corrected chi connectivity index (χ3v) is 7.27. The lowest BCUT2D eigenvalue weighted by atomic mass is 9.61. The summed E-state index contributed by atoms with van der Waals surface area (Å²) in [5, 5.41) is 16.9. The van der Waals surface area contributed by atoms with E-state index in [1.54, 1.807) is 0 Å². The maximum Gasteiger partial charge on any atom is 0.255 e. The van der Waals surface area contributed by atoms with Crippen molar-refractivity contribution >= 4 is 35.0 Å². The van der Waals surface area contributed by atoms with Gasteiger partial charge in [0.2, 0.25) is 5.91 Å². The van der Waals surface area contributed by atoms with E-state index in [0.29, 0.717) is 5.02 Å². The van der Waals surface area contributed by atoms with Crippen molar-refractivity contribution in [3.63, 3.8) is 0 Å². The van der Waals surface area contributed by atoms with Crippen LogP contribution in [0.15, 0.2) is 12.1 Å². The molecule has 4 fully saturated rings. The number of fused-ring (bicyclic) bond motifs is 3. The number of nitrogens with one attached hydrogen (secondary N) is 2. The van der Waals surface area contributed by atoms with Crippen molar-refractivity contribution in [2.45, 2.75) is 68.9 Å². The monoisotopic (exact) mass is 410 g/mol. The Morgan fingerprint density at radius 3 is 2.04 bits per heavy atom. The molecule has 0 saturated heterocycles. The lowest BCUT2D eigenvalue weighted by molar-refractivity contribution is -0.131. The molecular formula is C20H24Cl2N2O3. The quantitative estimate of drug-likeness (QED) is 0.695. The van der Waals surface area contributed by atoms with Gasteiger partial charge in [0.1, 0.15) is 5.75 Å². The van der Waals surface area contributed by atoms with Gasteiger partial charge in [-0.2, -0.15) is 0 Å². The van der Waals surface area contributed by atoms with Crippen LogP contribution >= 0.6 is 23.2 Å². The molecule has 1 aromatic carbocycles. The molecule has 0 atom stereocenters. The Bertz CT molecular complexity index is 767. The highest BCUT2D eigenvalue weighted by Crippen LogP contribution is 2.47. The predicted octanol–water partition coefficient (Wildman–Crippen LogP) is 4.19. The third kappa shape index (κ3) is 3.52. The van der Waals surface area contributed by atoms with Crippen LogP contribution < -0.4 is 10.6 Å². The largest absolute Gasteiger partial charge is 0.506 e. The predicted molar refractivity (Wildman–Crippen MR) is 104 cm³/mol. The van der Waals surface area contributed by atoms with Crippen molar-refractivity contribution in [1.29, 1.82) is 0 Å². The van der Waals surface area contributed by atoms with E-state index in [0.717, 1.165) is 57.8 Å². The van der Waals surface area contributed by atoms with E-state index in [2.05, 4.69) is 10.6 Å². The Kier molecular flexibility index (Phi) is 4.79. The number of halogens is 2. The minimum Gasteiger partial charge on any atom is -0.506 e. The molecule has 0 aliphatic heterocycles. The van der Waals surface area contributed by atoms with Crippen molar-refractivity contribution in [2.24, 2.45) is 5.92 Å². The molecule has 5 rings (SSSR count). The summed E-state index contributed by atoms with van der Waals surface area (Å²) in [5.41, 5.74) is -0.301. The van der Waals surface area contributed by atoms with Gasteiger partial charge in [-0.1, -0.05) is 29.6 Å². The molecule has 4 saturated carbocycles. The van der Waals surface area contributed by atoms with Crippen LogP contribution in [0.5, 0.6) is 5.75 Å². The van der Waals surface area contributed by atoms with Gasteiger partial charge in [-0.3, -0.25) is 9.59 Å². The number of rotatable bonds is 4. The second-order valence-electron chi connectivity index (χ2n) is 8.42. The zero-order chi connectivity index (χ0) is 19.2. The van der Waals surface area contributed by atoms with Crippen molar-refractivity contribution < 1.29 is 14.7 Å². The number of benzene rings is 1. The second kappa shape index (κ2) is 6.85. The molecule has 7 heteroatoms. The summed E-state index contributed by atoms with van der Waals surface area (Å²) in [6, 6.07) is 2.84. The highest BCUT2D eigenvalue weighted by atomic mass is 35.5. The summed E-state index contributed by atoms with van der Waals surface area (Å²) in [7, 11) is 0. The first-order valence-electron chi connectivity index (χ1n) is 9.64. The van der Waals surface area contributed by atoms with Crippen LogP contribution in [0.25, 0.3) is 0 Å². The highest BCUT2D eigenvalue weighted by Gasteiger charge is 2.50. The third-order valence-electron chi connectivity index (χ3n) is 6.76. The van der Waals surface area contributed by atoms with Gasteiger partial charge in [0.15, 0.2) is 0 Å². The van der Waals surface area contributed by atoms with Crippen LogP contribution in [-0.4, -0.2) is 28.0 Å². The van der Waals surface area contributed by atoms with Gasteiger partial charge in [-0.25, -0.2) is 0 Å². The first kappa shape index (κ1) is 18.9. The van der Waals surface area contributed by atoms with Crippen LogP contribution in [-0.2, 0) is 4.79 Å². The average Bonchev–Trinajstić information content (AvgIpc) is 2.58. The van der Waals surface area contributed by atoms with E-state index >= 15 is 0 Å². The number of hydrogen-bond donors (Lipinski definition) is 3. The Balaban J connectivity index is 1.42. The summed E-state index contributed by atoms with van der Waals surface area (Å²) in [6.07, 6.45) is 8.23. The Morgan fingerprint density at radius 1 is 0.963 bits per heavy atom. The molecule has 0 radical (unpaired) electrons. The van der Waals surface area contributed by atoms with Crippen LogP contribution in [0.4, 0.5) is 0 Å². The fourth-order valence-electron chi connectivity index (χ4n) is 4.64. The van der Waals surface area contributed by atoms with Crippen LogP contribution in [0, 0.1) is 5.92 Å². The van der Waals surface area contributed by atoms with E-state index < -0.39 is 0 Å². The molecule has 2 bridgehead atoms. The zero-order valence-corrected chi connectivity index (χ0v) is 16.6. The molecule has 1 aromatic rings. The first-order valence-corrected chi connectivity index (χ1v) is 10.4. The number of phenols is 1. The normalized spacial score (nSPS) is 29.9. The second-order valence-corrected chi connectivity index (χ2v) is 9.26. The number of phenolic OH excluding ortho intramolecular Hbond substituents is 1. The number of aromatic hydroxyl groups is 1. The fourth-order valence-corrected chi connectivity index (χ4v) is 5.14. The molecule has 0 spiro atoms. The van der Waals surface area contributed by atoms with Gasteiger partial charge in [0, 0.05) is 22.0 Å². The SMILES string of the molecule is O=C(NC12CCC(NC(=O)C3CCC3)(CC1)CC2)c1cc(Cl)cc(Cl)c1O. The van der Waals surface area contributed by atoms with Crippen LogP contribution in [0.3, 0.4) is 0 Å². The van der Waals surface area contributed by atoms with Crippen molar-refractivity contribution in [3.8, 4) is 5.75 Å². The number of amides is 2. The first-order chi connectivity index (χ1) is 12.8. The molecule has 0 aromatic heterocycles. The van der Waals surface area contributed by atoms with E-state index in [-0.39, 0.29) is 45.1 Å². The lowest BCUT2D eigenvalue weighted by Gasteiger charge is -2.54. The molecule has 4 aliphatic rings. The molecule has 146 valence electrons. The topological polar surface area (TPSA) is 78.4 Å². The van der Waals surface area contributed by atoms with Gasteiger partial charge in [-0.05, 0) is 63.5 Å². The Morgan fingerprint density at radius 2 is 1.52 bits per heavy atom. The minimum atomic E-state index is -0.357. The minimum absolute atomic E-state index is 0.0650. The molecule has 0 heterocycles. The fraction of sp³-hybridized carbons (Fsp3) is 0.600. The number of hydrogen-bond acceptors (Lipinski definition) is 3. The van der Waals surface area contributed by atoms with E-state index in [4.69, 9.17) is 23.2 Å². The standard InChI is InChI=1S/C20H24Cl2N2O3/c21-13-10-14(16(25)15(22)11-13)18(27)24-20-7-4-19(5-8-20,6-9-20)23-17(26)12-2-1-3-12/h10-12,25H,1-9H2,(H,23,26)(H,24,27). The summed E-state index contributed by atoms with van der Waals surface area (Å²) in [4.78, 5) is 25.1. The van der Waals surface area contributed by atoms with Gasteiger partial charge in [0.05, 0.1) is 10.6 Å². The van der Waals surface area contributed by atoms with E-state index in [1.807, 2.05) is 0 Å². The zero-order valence-electron chi connectivity index (χ0n) is 15.1. The maximum atomic E-state index is 12.8.